The van der Waals surface area contributed by atoms with Crippen molar-refractivity contribution in [3.8, 4) is 11.1 Å². The van der Waals surface area contributed by atoms with Crippen molar-refractivity contribution >= 4 is 27.2 Å². The first-order chi connectivity index (χ1) is 18.1. The Morgan fingerprint density at radius 1 is 1.16 bits per heavy atom. The van der Waals surface area contributed by atoms with Crippen molar-refractivity contribution in [3.05, 3.63) is 35.9 Å². The molecule has 3 atom stereocenters. The largest absolute Gasteiger partial charge is 0.387 e. The van der Waals surface area contributed by atoms with Crippen LogP contribution in [0.25, 0.3) is 16.8 Å². The molecule has 202 valence electrons. The van der Waals surface area contributed by atoms with E-state index < -0.39 is 22.0 Å². The summed E-state index contributed by atoms with van der Waals surface area (Å²) < 4.78 is 27.2. The van der Waals surface area contributed by atoms with Gasteiger partial charge in [0.1, 0.15) is 22.9 Å². The van der Waals surface area contributed by atoms with Gasteiger partial charge >= 0.3 is 0 Å². The van der Waals surface area contributed by atoms with Crippen LogP contribution in [-0.2, 0) is 20.2 Å². The molecule has 0 radical (unpaired) electrons. The molecular formula is C26H32N6O5S. The Balaban J connectivity index is 1.43. The van der Waals surface area contributed by atoms with E-state index in [4.69, 9.17) is 10.7 Å². The number of hydrogen-bond acceptors (Lipinski definition) is 9. The number of carbonyl (C=O) groups excluding carboxylic acids is 1. The Labute approximate surface area is 220 Å². The van der Waals surface area contributed by atoms with Crippen LogP contribution in [0.1, 0.15) is 68.7 Å². The number of aliphatic hydroxyl groups excluding tert-OH is 1. The number of hydrogen-bond donors (Lipinski definition) is 3. The van der Waals surface area contributed by atoms with Crippen molar-refractivity contribution < 1.29 is 23.4 Å². The van der Waals surface area contributed by atoms with Gasteiger partial charge in [0.15, 0.2) is 15.5 Å². The van der Waals surface area contributed by atoms with Gasteiger partial charge in [-0.1, -0.05) is 18.9 Å². The number of pyridine rings is 1. The van der Waals surface area contributed by atoms with Crippen molar-refractivity contribution in [2.24, 2.45) is 0 Å². The second kappa shape index (κ2) is 8.99. The molecular weight excluding hydrogens is 508 g/mol. The van der Waals surface area contributed by atoms with E-state index in [0.717, 1.165) is 37.5 Å². The molecule has 2 aliphatic heterocycles. The molecule has 38 heavy (non-hydrogen) atoms. The highest BCUT2D eigenvalue weighted by molar-refractivity contribution is 7.91. The second-order valence-electron chi connectivity index (χ2n) is 11.0. The molecule has 3 aliphatic rings. The molecule has 6 rings (SSSR count). The average molecular weight is 541 g/mol. The maximum atomic E-state index is 12.9. The van der Waals surface area contributed by atoms with Crippen molar-refractivity contribution in [1.29, 1.82) is 0 Å². The van der Waals surface area contributed by atoms with Gasteiger partial charge in [-0.25, -0.2) is 13.4 Å². The van der Waals surface area contributed by atoms with E-state index in [-0.39, 0.29) is 34.6 Å². The summed E-state index contributed by atoms with van der Waals surface area (Å²) in [5.74, 6) is -0.504. The van der Waals surface area contributed by atoms with Crippen LogP contribution >= 0.6 is 0 Å². The van der Waals surface area contributed by atoms with Crippen LogP contribution in [0.15, 0.2) is 29.4 Å². The molecule has 1 saturated carbocycles. The number of nitrogens with zero attached hydrogens (tertiary/aromatic N) is 5. The molecule has 2 bridgehead atoms. The van der Waals surface area contributed by atoms with E-state index in [1.807, 2.05) is 12.1 Å². The Bertz CT molecular complexity index is 1500. The van der Waals surface area contributed by atoms with E-state index in [0.29, 0.717) is 48.3 Å². The molecule has 11 nitrogen and oxygen atoms in total. The van der Waals surface area contributed by atoms with Crippen LogP contribution in [0.3, 0.4) is 0 Å². The number of aromatic nitrogens is 4. The van der Waals surface area contributed by atoms with Crippen molar-refractivity contribution in [3.63, 3.8) is 0 Å². The van der Waals surface area contributed by atoms with Gasteiger partial charge < -0.3 is 20.8 Å². The molecule has 0 aromatic carbocycles. The minimum Gasteiger partial charge on any atom is -0.387 e. The smallest absolute Gasteiger partial charge is 0.248 e. The van der Waals surface area contributed by atoms with Gasteiger partial charge in [-0.05, 0) is 44.6 Å². The summed E-state index contributed by atoms with van der Waals surface area (Å²) in [7, 11) is -3.74. The quantitative estimate of drug-likeness (QED) is 0.437. The van der Waals surface area contributed by atoms with Gasteiger partial charge in [-0.2, -0.15) is 9.61 Å². The fraction of sp³-hybridized carbons (Fsp3) is 0.538. The molecule has 12 heteroatoms. The summed E-state index contributed by atoms with van der Waals surface area (Å²) in [4.78, 5) is 23.5. The summed E-state index contributed by atoms with van der Waals surface area (Å²) in [6.45, 7) is -0.535. The topological polar surface area (TPSA) is 164 Å². The Morgan fingerprint density at radius 2 is 1.84 bits per heavy atom. The van der Waals surface area contributed by atoms with Crippen LogP contribution in [0.5, 0.6) is 0 Å². The SMILES string of the molecule is CS(=O)(=O)c1c([C@@H]2C[C@H]3CC[C@@H](C2)N3C(=O)CO)nc2c(-c3ccc(C4(O)CCCC4)nc3)cnn2c1N. The van der Waals surface area contributed by atoms with E-state index in [1.165, 1.54) is 4.52 Å². The number of amides is 1. The molecule has 3 fully saturated rings. The highest BCUT2D eigenvalue weighted by Gasteiger charge is 2.45. The third kappa shape index (κ3) is 3.97. The minimum absolute atomic E-state index is 0.00445. The number of anilines is 1. The first-order valence-electron chi connectivity index (χ1n) is 13.1. The minimum atomic E-state index is -3.74. The van der Waals surface area contributed by atoms with Crippen LogP contribution < -0.4 is 5.73 Å². The summed E-state index contributed by atoms with van der Waals surface area (Å²) >= 11 is 0. The third-order valence-corrected chi connectivity index (χ3v) is 9.72. The fourth-order valence-electron chi connectivity index (χ4n) is 6.81. The molecule has 3 aromatic heterocycles. The number of piperidine rings is 1. The Morgan fingerprint density at radius 3 is 2.42 bits per heavy atom. The molecule has 4 N–H and O–H groups in total. The lowest BCUT2D eigenvalue weighted by Crippen LogP contribution is -2.47. The number of nitrogen functional groups attached to an aromatic ring is 1. The average Bonchev–Trinajstić information content (AvgIpc) is 3.59. The number of aliphatic hydroxyl groups is 2. The summed E-state index contributed by atoms with van der Waals surface area (Å²) in [6, 6.07) is 3.54. The zero-order chi connectivity index (χ0) is 26.8. The van der Waals surface area contributed by atoms with Gasteiger partial charge in [0, 0.05) is 41.6 Å². The number of nitrogens with two attached hydrogens (primary N) is 1. The number of fused-ring (bicyclic) bond motifs is 3. The zero-order valence-corrected chi connectivity index (χ0v) is 22.1. The highest BCUT2D eigenvalue weighted by Crippen LogP contribution is 2.45. The van der Waals surface area contributed by atoms with Crippen molar-refractivity contribution in [1.82, 2.24) is 24.5 Å². The van der Waals surface area contributed by atoms with Gasteiger partial charge in [-0.15, -0.1) is 0 Å². The van der Waals surface area contributed by atoms with Gasteiger partial charge in [0.05, 0.1) is 17.6 Å². The van der Waals surface area contributed by atoms with E-state index >= 15 is 0 Å². The second-order valence-corrected chi connectivity index (χ2v) is 12.9. The van der Waals surface area contributed by atoms with Crippen LogP contribution in [0.4, 0.5) is 5.82 Å². The maximum absolute atomic E-state index is 12.9. The van der Waals surface area contributed by atoms with Crippen molar-refractivity contribution in [2.45, 2.75) is 79.9 Å². The lowest BCUT2D eigenvalue weighted by Gasteiger charge is -2.39. The Kier molecular flexibility index (Phi) is 5.96. The Hall–Kier alpha value is -3.09. The number of sulfone groups is 1. The monoisotopic (exact) mass is 540 g/mol. The molecule has 0 unspecified atom stereocenters. The third-order valence-electron chi connectivity index (χ3n) is 8.56. The standard InChI is InChI=1S/C26H32N6O5S/c1-38(36,37)23-22(16-10-17-5-6-18(11-16)31(17)21(34)14-33)30-25-19(13-29-32(25)24(23)27)15-4-7-20(28-12-15)26(35)8-2-3-9-26/h4,7,12-13,16-18,33,35H,2-3,5-6,8-11,14,27H2,1H3/t16-,17-,18+. The summed E-state index contributed by atoms with van der Waals surface area (Å²) in [6.07, 6.45) is 10.4. The first kappa shape index (κ1) is 25.2. The number of carbonyl (C=O) groups is 1. The van der Waals surface area contributed by atoms with Crippen molar-refractivity contribution in [2.75, 3.05) is 18.6 Å². The summed E-state index contributed by atoms with van der Waals surface area (Å²) in [5, 5.41) is 24.7. The predicted molar refractivity (Wildman–Crippen MR) is 139 cm³/mol. The molecule has 2 saturated heterocycles. The zero-order valence-electron chi connectivity index (χ0n) is 21.2. The maximum Gasteiger partial charge on any atom is 0.248 e. The van der Waals surface area contributed by atoms with Gasteiger partial charge in [0.2, 0.25) is 5.91 Å². The lowest BCUT2D eigenvalue weighted by atomic mass is 9.87. The van der Waals surface area contributed by atoms with E-state index in [9.17, 15) is 23.4 Å². The molecule has 3 aromatic rings. The number of rotatable bonds is 5. The molecule has 0 spiro atoms. The summed E-state index contributed by atoms with van der Waals surface area (Å²) in [5.41, 5.74) is 8.41. The highest BCUT2D eigenvalue weighted by atomic mass is 32.2. The molecule has 1 aliphatic carbocycles. The first-order valence-corrected chi connectivity index (χ1v) is 15.0. The van der Waals surface area contributed by atoms with Gasteiger partial charge in [0.25, 0.3) is 0 Å². The fourth-order valence-corrected chi connectivity index (χ4v) is 7.87. The van der Waals surface area contributed by atoms with Crippen LogP contribution in [0, 0.1) is 0 Å². The van der Waals surface area contributed by atoms with Gasteiger partial charge in [-0.3, -0.25) is 9.78 Å². The van der Waals surface area contributed by atoms with E-state index in [1.54, 1.807) is 17.3 Å². The molecule has 1 amide bonds. The predicted octanol–water partition coefficient (Wildman–Crippen LogP) is 1.77. The molecule has 5 heterocycles. The van der Waals surface area contributed by atoms with Crippen LogP contribution in [-0.4, -0.2) is 74.0 Å². The van der Waals surface area contributed by atoms with Crippen LogP contribution in [0.2, 0.25) is 0 Å². The van der Waals surface area contributed by atoms with E-state index in [2.05, 4.69) is 10.1 Å². The lowest BCUT2D eigenvalue weighted by molar-refractivity contribution is -0.138. The normalized spacial score (nSPS) is 24.8.